The molecule has 0 aromatic heterocycles. The number of amides is 1. The summed E-state index contributed by atoms with van der Waals surface area (Å²) in [6.45, 7) is 5.31. The van der Waals surface area contributed by atoms with E-state index in [-0.39, 0.29) is 42.6 Å². The second-order valence-electron chi connectivity index (χ2n) is 6.65. The maximum atomic E-state index is 12.2. The summed E-state index contributed by atoms with van der Waals surface area (Å²) in [5.41, 5.74) is 4.54. The maximum absolute atomic E-state index is 12.2. The minimum Gasteiger partial charge on any atom is -0.548 e. The zero-order valence-electron chi connectivity index (χ0n) is 14.0. The molecule has 1 aliphatic heterocycles. The first kappa shape index (κ1) is 20.0. The molecule has 1 aromatic carbocycles. The van der Waals surface area contributed by atoms with Crippen LogP contribution in [0.15, 0.2) is 30.3 Å². The van der Waals surface area contributed by atoms with Crippen molar-refractivity contribution >= 4 is 12.1 Å². The summed E-state index contributed by atoms with van der Waals surface area (Å²) < 4.78 is 5.30. The van der Waals surface area contributed by atoms with Gasteiger partial charge in [-0.2, -0.15) is 0 Å². The molecule has 2 N–H and O–H groups in total. The number of hydrogen-bond donors (Lipinski definition) is 1. The number of carboxylic acids is 1. The second kappa shape index (κ2) is 7.21. The van der Waals surface area contributed by atoms with Crippen LogP contribution in [0.2, 0.25) is 0 Å². The van der Waals surface area contributed by atoms with Crippen LogP contribution >= 0.6 is 0 Å². The second-order valence-corrected chi connectivity index (χ2v) is 6.65. The number of rotatable bonds is 2. The van der Waals surface area contributed by atoms with Gasteiger partial charge in [0.15, 0.2) is 0 Å². The Hall–Kier alpha value is -1.08. The van der Waals surface area contributed by atoms with Gasteiger partial charge in [-0.1, -0.05) is 30.3 Å². The molecular weight excluding hydrogens is 307 g/mol. The van der Waals surface area contributed by atoms with Gasteiger partial charge >= 0.3 is 35.7 Å². The molecule has 1 amide bonds. The van der Waals surface area contributed by atoms with Crippen molar-refractivity contribution in [3.63, 3.8) is 0 Å². The first-order valence-electron chi connectivity index (χ1n) is 7.17. The van der Waals surface area contributed by atoms with Crippen molar-refractivity contribution in [3.8, 4) is 0 Å². The third-order valence-corrected chi connectivity index (χ3v) is 3.71. The van der Waals surface area contributed by atoms with Crippen molar-refractivity contribution in [2.24, 2.45) is 5.73 Å². The molecule has 6 nitrogen and oxygen atoms in total. The van der Waals surface area contributed by atoms with Crippen LogP contribution in [0, 0.1) is 0 Å². The summed E-state index contributed by atoms with van der Waals surface area (Å²) in [5.74, 6) is -1.90. The van der Waals surface area contributed by atoms with Crippen molar-refractivity contribution in [2.75, 3.05) is 13.1 Å². The van der Waals surface area contributed by atoms with Crippen molar-refractivity contribution < 1.29 is 49.0 Å². The van der Waals surface area contributed by atoms with Crippen LogP contribution in [0.25, 0.3) is 0 Å². The maximum Gasteiger partial charge on any atom is 1.00 e. The van der Waals surface area contributed by atoms with E-state index in [4.69, 9.17) is 10.5 Å². The van der Waals surface area contributed by atoms with Gasteiger partial charge in [0, 0.05) is 19.0 Å². The summed E-state index contributed by atoms with van der Waals surface area (Å²) in [4.78, 5) is 25.1. The molecule has 2 atom stereocenters. The monoisotopic (exact) mass is 328 g/mol. The predicted molar refractivity (Wildman–Crippen MR) is 78.9 cm³/mol. The molecule has 2 rings (SSSR count). The van der Waals surface area contributed by atoms with Crippen LogP contribution in [0.3, 0.4) is 0 Å². The van der Waals surface area contributed by atoms with Gasteiger partial charge in [0.2, 0.25) is 0 Å². The number of likely N-dealkylation sites (tertiary alicyclic amines) is 1. The summed E-state index contributed by atoms with van der Waals surface area (Å²) in [6, 6.07) is 9.05. The number of benzene rings is 1. The van der Waals surface area contributed by atoms with Crippen LogP contribution in [0.1, 0.15) is 32.3 Å². The smallest absolute Gasteiger partial charge is 0.548 e. The van der Waals surface area contributed by atoms with Gasteiger partial charge in [-0.15, -0.1) is 0 Å². The van der Waals surface area contributed by atoms with E-state index in [2.05, 4.69) is 0 Å². The SMILES string of the molecule is CC(C)(C)OC(=O)N1C[C@@H](c2ccccc2)[C@@](N)(C(=O)[O-])C1.[Na+]. The molecule has 1 fully saturated rings. The Morgan fingerprint density at radius 3 is 2.35 bits per heavy atom. The normalized spacial score (nSPS) is 24.0. The Kier molecular flexibility index (Phi) is 6.26. The van der Waals surface area contributed by atoms with E-state index in [9.17, 15) is 14.7 Å². The van der Waals surface area contributed by atoms with Crippen LogP contribution in [0.4, 0.5) is 4.79 Å². The van der Waals surface area contributed by atoms with Crippen LogP contribution in [-0.2, 0) is 9.53 Å². The number of carbonyl (C=O) groups is 2. The van der Waals surface area contributed by atoms with E-state index in [1.807, 2.05) is 6.07 Å². The van der Waals surface area contributed by atoms with Gasteiger partial charge in [-0.05, 0) is 26.3 Å². The number of nitrogens with zero attached hydrogens (tertiary/aromatic N) is 1. The van der Waals surface area contributed by atoms with Crippen molar-refractivity contribution in [1.29, 1.82) is 0 Å². The number of aliphatic carboxylic acids is 1. The Labute approximate surface area is 158 Å². The average Bonchev–Trinajstić information content (AvgIpc) is 2.77. The fourth-order valence-corrected chi connectivity index (χ4v) is 2.63. The fraction of sp³-hybridized carbons (Fsp3) is 0.500. The van der Waals surface area contributed by atoms with Crippen LogP contribution in [-0.4, -0.2) is 41.2 Å². The number of carboxylic acid groups (broad SMARTS) is 1. The fourth-order valence-electron chi connectivity index (χ4n) is 2.63. The quantitative estimate of drug-likeness (QED) is 0.604. The van der Waals surface area contributed by atoms with E-state index in [0.717, 1.165) is 5.56 Å². The zero-order chi connectivity index (χ0) is 16.5. The molecule has 1 heterocycles. The molecule has 0 radical (unpaired) electrons. The standard InChI is InChI=1S/C16H22N2O4.Na/c1-15(2,3)22-14(21)18-9-12(11-7-5-4-6-8-11)16(17,10-18)13(19)20;/h4-8,12H,9-10,17H2,1-3H3,(H,19,20);/q;+1/p-1/t12-,16+;/m0./s1. The molecule has 1 saturated heterocycles. The van der Waals surface area contributed by atoms with E-state index in [1.54, 1.807) is 45.0 Å². The molecule has 1 aliphatic rings. The van der Waals surface area contributed by atoms with Gasteiger partial charge < -0.3 is 25.3 Å². The van der Waals surface area contributed by atoms with Crippen molar-refractivity contribution in [1.82, 2.24) is 4.90 Å². The molecule has 120 valence electrons. The zero-order valence-corrected chi connectivity index (χ0v) is 16.0. The molecule has 1 aromatic rings. The molecule has 0 bridgehead atoms. The topological polar surface area (TPSA) is 95.7 Å². The van der Waals surface area contributed by atoms with E-state index < -0.39 is 29.1 Å². The van der Waals surface area contributed by atoms with Crippen molar-refractivity contribution in [3.05, 3.63) is 35.9 Å². The molecule has 0 unspecified atom stereocenters. The first-order valence-corrected chi connectivity index (χ1v) is 7.17. The molecular formula is C16H21N2NaO4. The summed E-state index contributed by atoms with van der Waals surface area (Å²) in [7, 11) is 0. The van der Waals surface area contributed by atoms with Crippen molar-refractivity contribution in [2.45, 2.75) is 37.8 Å². The Morgan fingerprint density at radius 1 is 1.30 bits per heavy atom. The van der Waals surface area contributed by atoms with E-state index in [1.165, 1.54) is 4.90 Å². The predicted octanol–water partition coefficient (Wildman–Crippen LogP) is -2.53. The Balaban J connectivity index is 0.00000264. The summed E-state index contributed by atoms with van der Waals surface area (Å²) in [6.07, 6.45) is -0.568. The van der Waals surface area contributed by atoms with Gasteiger partial charge in [-0.25, -0.2) is 4.79 Å². The summed E-state index contributed by atoms with van der Waals surface area (Å²) in [5, 5.41) is 11.5. The third-order valence-electron chi connectivity index (χ3n) is 3.71. The Morgan fingerprint density at radius 2 is 1.87 bits per heavy atom. The number of nitrogens with two attached hydrogens (primary N) is 1. The molecule has 7 heteroatoms. The first-order chi connectivity index (χ1) is 10.1. The Bertz CT molecular complexity index is 573. The minimum absolute atomic E-state index is 0. The van der Waals surface area contributed by atoms with Gasteiger partial charge in [-0.3, -0.25) is 0 Å². The molecule has 0 saturated carbocycles. The van der Waals surface area contributed by atoms with E-state index >= 15 is 0 Å². The number of hydrogen-bond acceptors (Lipinski definition) is 5. The minimum atomic E-state index is -1.63. The van der Waals surface area contributed by atoms with Gasteiger partial charge in [0.05, 0.1) is 11.5 Å². The molecule has 23 heavy (non-hydrogen) atoms. The average molecular weight is 328 g/mol. The molecule has 0 spiro atoms. The number of carbonyl (C=O) groups excluding carboxylic acids is 2. The summed E-state index contributed by atoms with van der Waals surface area (Å²) >= 11 is 0. The van der Waals surface area contributed by atoms with Crippen LogP contribution in [0.5, 0.6) is 0 Å². The molecule has 0 aliphatic carbocycles. The third kappa shape index (κ3) is 4.47. The van der Waals surface area contributed by atoms with Crippen LogP contribution < -0.4 is 40.4 Å². The van der Waals surface area contributed by atoms with Gasteiger partial charge in [0.1, 0.15) is 5.60 Å². The number of ether oxygens (including phenoxy) is 1. The van der Waals surface area contributed by atoms with Gasteiger partial charge in [0.25, 0.3) is 0 Å². The van der Waals surface area contributed by atoms with E-state index in [0.29, 0.717) is 0 Å². The largest absolute Gasteiger partial charge is 1.00 e.